The lowest BCUT2D eigenvalue weighted by Gasteiger charge is -2.21. The SMILES string of the molecule is CCN(CC)c1ccc(NC(=O)c2ccc(NCCCN(C)C)nc2)cc1. The number of carbonyl (C=O) groups excluding carboxylic acids is 1. The number of rotatable bonds is 10. The lowest BCUT2D eigenvalue weighted by atomic mass is 10.2. The molecule has 0 aliphatic heterocycles. The van der Waals surface area contributed by atoms with E-state index >= 15 is 0 Å². The highest BCUT2D eigenvalue weighted by molar-refractivity contribution is 6.04. The third-order valence-corrected chi connectivity index (χ3v) is 4.37. The molecule has 1 aromatic carbocycles. The van der Waals surface area contributed by atoms with Crippen LogP contribution in [0.5, 0.6) is 0 Å². The number of anilines is 3. The van der Waals surface area contributed by atoms with Crippen LogP contribution >= 0.6 is 0 Å². The summed E-state index contributed by atoms with van der Waals surface area (Å²) in [6, 6.07) is 11.6. The molecule has 0 spiro atoms. The standard InChI is InChI=1S/C21H31N5O/c1-5-26(6-2)19-11-9-18(10-12-19)24-21(27)17-8-13-20(23-16-17)22-14-7-15-25(3)4/h8-13,16H,5-7,14-15H2,1-4H3,(H,22,23)(H,24,27). The Morgan fingerprint density at radius 3 is 2.30 bits per heavy atom. The number of nitrogens with one attached hydrogen (secondary N) is 2. The van der Waals surface area contributed by atoms with Crippen LogP contribution in [0.15, 0.2) is 42.6 Å². The van der Waals surface area contributed by atoms with Crippen molar-refractivity contribution in [2.24, 2.45) is 0 Å². The summed E-state index contributed by atoms with van der Waals surface area (Å²) in [7, 11) is 4.12. The van der Waals surface area contributed by atoms with Crippen LogP contribution in [0.3, 0.4) is 0 Å². The molecule has 0 aliphatic rings. The van der Waals surface area contributed by atoms with Gasteiger partial charge in [-0.3, -0.25) is 4.79 Å². The predicted molar refractivity (Wildman–Crippen MR) is 114 cm³/mol. The highest BCUT2D eigenvalue weighted by atomic mass is 16.1. The lowest BCUT2D eigenvalue weighted by Crippen LogP contribution is -2.21. The van der Waals surface area contributed by atoms with E-state index < -0.39 is 0 Å². The molecule has 0 radical (unpaired) electrons. The zero-order valence-electron chi connectivity index (χ0n) is 16.8. The third kappa shape index (κ3) is 6.57. The number of nitrogens with zero attached hydrogens (tertiary/aromatic N) is 3. The second-order valence-electron chi connectivity index (χ2n) is 6.69. The summed E-state index contributed by atoms with van der Waals surface area (Å²) in [6.45, 7) is 8.07. The monoisotopic (exact) mass is 369 g/mol. The van der Waals surface area contributed by atoms with E-state index in [4.69, 9.17) is 0 Å². The van der Waals surface area contributed by atoms with Gasteiger partial charge in [-0.25, -0.2) is 4.98 Å². The largest absolute Gasteiger partial charge is 0.372 e. The van der Waals surface area contributed by atoms with Crippen LogP contribution in [0.2, 0.25) is 0 Å². The van der Waals surface area contributed by atoms with Crippen LogP contribution in [0.25, 0.3) is 0 Å². The molecule has 27 heavy (non-hydrogen) atoms. The van der Waals surface area contributed by atoms with Gasteiger partial charge in [0.2, 0.25) is 0 Å². The van der Waals surface area contributed by atoms with Gasteiger partial charge in [0.05, 0.1) is 5.56 Å². The van der Waals surface area contributed by atoms with Gasteiger partial charge >= 0.3 is 0 Å². The van der Waals surface area contributed by atoms with Crippen LogP contribution in [-0.2, 0) is 0 Å². The molecular weight excluding hydrogens is 338 g/mol. The van der Waals surface area contributed by atoms with Crippen molar-refractivity contribution in [3.63, 3.8) is 0 Å². The van der Waals surface area contributed by atoms with Crippen molar-refractivity contribution in [1.29, 1.82) is 0 Å². The molecule has 1 heterocycles. The zero-order chi connectivity index (χ0) is 19.6. The highest BCUT2D eigenvalue weighted by Crippen LogP contribution is 2.18. The van der Waals surface area contributed by atoms with Gasteiger partial charge in [-0.15, -0.1) is 0 Å². The maximum Gasteiger partial charge on any atom is 0.257 e. The number of aromatic nitrogens is 1. The van der Waals surface area contributed by atoms with E-state index in [0.29, 0.717) is 5.56 Å². The topological polar surface area (TPSA) is 60.5 Å². The van der Waals surface area contributed by atoms with Gasteiger partial charge < -0.3 is 20.4 Å². The number of carbonyl (C=O) groups is 1. The first-order chi connectivity index (χ1) is 13.0. The van der Waals surface area contributed by atoms with E-state index in [-0.39, 0.29) is 5.91 Å². The van der Waals surface area contributed by atoms with E-state index in [0.717, 1.165) is 49.8 Å². The van der Waals surface area contributed by atoms with Crippen molar-refractivity contribution in [2.45, 2.75) is 20.3 Å². The van der Waals surface area contributed by atoms with Gasteiger partial charge in [0.1, 0.15) is 5.82 Å². The number of benzene rings is 1. The fourth-order valence-electron chi connectivity index (χ4n) is 2.79. The van der Waals surface area contributed by atoms with Gasteiger partial charge in [0, 0.05) is 37.2 Å². The van der Waals surface area contributed by atoms with Crippen molar-refractivity contribution in [3.05, 3.63) is 48.2 Å². The molecule has 2 aromatic rings. The summed E-state index contributed by atoms with van der Waals surface area (Å²) in [6.07, 6.45) is 2.65. The number of hydrogen-bond donors (Lipinski definition) is 2. The Bertz CT molecular complexity index is 694. The van der Waals surface area contributed by atoms with Crippen molar-refractivity contribution >= 4 is 23.1 Å². The van der Waals surface area contributed by atoms with Crippen molar-refractivity contribution in [3.8, 4) is 0 Å². The number of hydrogen-bond acceptors (Lipinski definition) is 5. The first kappa shape index (κ1) is 20.7. The summed E-state index contributed by atoms with van der Waals surface area (Å²) in [5.41, 5.74) is 2.48. The lowest BCUT2D eigenvalue weighted by molar-refractivity contribution is 0.102. The van der Waals surface area contributed by atoms with Crippen LogP contribution in [0.1, 0.15) is 30.6 Å². The Morgan fingerprint density at radius 2 is 1.74 bits per heavy atom. The molecule has 0 saturated heterocycles. The molecule has 2 N–H and O–H groups in total. The third-order valence-electron chi connectivity index (χ3n) is 4.37. The highest BCUT2D eigenvalue weighted by Gasteiger charge is 2.08. The Labute approximate surface area is 162 Å². The van der Waals surface area contributed by atoms with Gasteiger partial charge in [0.15, 0.2) is 0 Å². The Balaban J connectivity index is 1.88. The molecule has 146 valence electrons. The molecule has 2 rings (SSSR count). The molecule has 6 heteroatoms. The normalized spacial score (nSPS) is 10.7. The molecule has 6 nitrogen and oxygen atoms in total. The molecule has 0 fully saturated rings. The smallest absolute Gasteiger partial charge is 0.257 e. The van der Waals surface area contributed by atoms with Crippen LogP contribution in [0.4, 0.5) is 17.2 Å². The minimum Gasteiger partial charge on any atom is -0.372 e. The van der Waals surface area contributed by atoms with E-state index in [9.17, 15) is 4.79 Å². The molecule has 1 amide bonds. The van der Waals surface area contributed by atoms with Crippen molar-refractivity contribution in [2.75, 3.05) is 55.8 Å². The first-order valence-corrected chi connectivity index (χ1v) is 9.54. The zero-order valence-corrected chi connectivity index (χ0v) is 16.8. The van der Waals surface area contributed by atoms with E-state index in [2.05, 4.69) is 53.4 Å². The number of amides is 1. The Hall–Kier alpha value is -2.60. The molecule has 0 unspecified atom stereocenters. The Kier molecular flexibility index (Phi) is 8.07. The summed E-state index contributed by atoms with van der Waals surface area (Å²) in [5, 5.41) is 6.19. The van der Waals surface area contributed by atoms with Gasteiger partial charge in [-0.2, -0.15) is 0 Å². The van der Waals surface area contributed by atoms with Gasteiger partial charge in [0.25, 0.3) is 5.91 Å². The summed E-state index contributed by atoms with van der Waals surface area (Å²) in [4.78, 5) is 21.1. The minimum absolute atomic E-state index is 0.155. The fourth-order valence-corrected chi connectivity index (χ4v) is 2.79. The predicted octanol–water partition coefficient (Wildman–Crippen LogP) is 3.54. The maximum absolute atomic E-state index is 12.4. The fraction of sp³-hybridized carbons (Fsp3) is 0.429. The van der Waals surface area contributed by atoms with Crippen molar-refractivity contribution < 1.29 is 4.79 Å². The summed E-state index contributed by atoms with van der Waals surface area (Å²) < 4.78 is 0. The minimum atomic E-state index is -0.155. The van der Waals surface area contributed by atoms with E-state index in [1.54, 1.807) is 12.3 Å². The molecule has 0 bridgehead atoms. The average Bonchev–Trinajstić information content (AvgIpc) is 2.68. The van der Waals surface area contributed by atoms with Crippen LogP contribution in [0, 0.1) is 0 Å². The van der Waals surface area contributed by atoms with E-state index in [1.165, 1.54) is 0 Å². The molecule has 0 aliphatic carbocycles. The average molecular weight is 370 g/mol. The summed E-state index contributed by atoms with van der Waals surface area (Å²) >= 11 is 0. The first-order valence-electron chi connectivity index (χ1n) is 9.54. The second kappa shape index (κ2) is 10.5. The Morgan fingerprint density at radius 1 is 1.04 bits per heavy atom. The molecule has 0 atom stereocenters. The maximum atomic E-state index is 12.4. The van der Waals surface area contributed by atoms with Gasteiger partial charge in [-0.1, -0.05) is 0 Å². The second-order valence-corrected chi connectivity index (χ2v) is 6.69. The van der Waals surface area contributed by atoms with Gasteiger partial charge in [-0.05, 0) is 77.3 Å². The molecular formula is C21H31N5O. The van der Waals surface area contributed by atoms with Crippen molar-refractivity contribution in [1.82, 2.24) is 9.88 Å². The quantitative estimate of drug-likeness (QED) is 0.627. The molecule has 0 saturated carbocycles. The summed E-state index contributed by atoms with van der Waals surface area (Å²) in [5.74, 6) is 0.631. The van der Waals surface area contributed by atoms with E-state index in [1.807, 2.05) is 30.3 Å². The van der Waals surface area contributed by atoms with Crippen LogP contribution in [-0.4, -0.2) is 56.1 Å². The van der Waals surface area contributed by atoms with Crippen LogP contribution < -0.4 is 15.5 Å². The number of pyridine rings is 1. The molecule has 1 aromatic heterocycles.